The van der Waals surface area contributed by atoms with Crippen LogP contribution in [0.1, 0.15) is 5.56 Å². The lowest BCUT2D eigenvalue weighted by Crippen LogP contribution is -2.19. The minimum atomic E-state index is 0.745. The number of hydrogen-bond acceptors (Lipinski definition) is 4. The molecule has 5 heteroatoms. The first-order chi connectivity index (χ1) is 9.40. The Morgan fingerprint density at radius 1 is 1.21 bits per heavy atom. The van der Waals surface area contributed by atoms with E-state index in [-0.39, 0.29) is 0 Å². The Bertz CT molecular complexity index is 755. The molecule has 0 saturated carbocycles. The topological polar surface area (TPSA) is 66.2 Å². The highest BCUT2D eigenvalue weighted by Crippen LogP contribution is 2.21. The summed E-state index contributed by atoms with van der Waals surface area (Å²) < 4.78 is 5.35. The summed E-state index contributed by atoms with van der Waals surface area (Å²) in [6, 6.07) is 9.83. The number of aromatic nitrogens is 2. The molecule has 1 aliphatic rings. The van der Waals surface area contributed by atoms with Gasteiger partial charge in [0.2, 0.25) is 0 Å². The largest absolute Gasteiger partial charge is 0.461 e. The number of fused-ring (bicyclic) bond motifs is 1. The van der Waals surface area contributed by atoms with E-state index < -0.39 is 0 Å². The Morgan fingerprint density at radius 3 is 3.00 bits per heavy atom. The van der Waals surface area contributed by atoms with Crippen molar-refractivity contribution < 1.29 is 4.42 Å². The predicted molar refractivity (Wildman–Crippen MR) is 73.2 cm³/mol. The Labute approximate surface area is 109 Å². The minimum absolute atomic E-state index is 0.745. The van der Waals surface area contributed by atoms with Crippen LogP contribution in [0.15, 0.2) is 46.0 Å². The zero-order valence-corrected chi connectivity index (χ0v) is 10.2. The Balaban J connectivity index is 1.81. The van der Waals surface area contributed by atoms with Gasteiger partial charge in [-0.25, -0.2) is 4.98 Å². The van der Waals surface area contributed by atoms with Gasteiger partial charge in [-0.05, 0) is 30.3 Å². The van der Waals surface area contributed by atoms with E-state index in [1.165, 1.54) is 0 Å². The number of benzene rings is 1. The number of H-pyrrole nitrogens is 1. The van der Waals surface area contributed by atoms with Gasteiger partial charge in [0.05, 0.1) is 23.8 Å². The molecule has 0 atom stereocenters. The Kier molecular flexibility index (Phi) is 2.17. The van der Waals surface area contributed by atoms with E-state index in [1.807, 2.05) is 24.3 Å². The van der Waals surface area contributed by atoms with Crippen molar-refractivity contribution in [2.24, 2.45) is 4.99 Å². The number of nitrogens with zero attached hydrogens (tertiary/aromatic N) is 2. The second-order valence-corrected chi connectivity index (χ2v) is 4.45. The van der Waals surface area contributed by atoms with E-state index in [0.717, 1.165) is 47.1 Å². The summed E-state index contributed by atoms with van der Waals surface area (Å²) in [4.78, 5) is 12.2. The molecule has 0 unspecified atom stereocenters. The third-order valence-corrected chi connectivity index (χ3v) is 3.18. The molecule has 0 aliphatic carbocycles. The first-order valence-electron chi connectivity index (χ1n) is 6.22. The van der Waals surface area contributed by atoms with E-state index in [9.17, 15) is 0 Å². The van der Waals surface area contributed by atoms with Crippen molar-refractivity contribution in [2.45, 2.75) is 0 Å². The highest BCUT2D eigenvalue weighted by Gasteiger charge is 2.11. The van der Waals surface area contributed by atoms with Gasteiger partial charge in [0, 0.05) is 12.1 Å². The van der Waals surface area contributed by atoms with Crippen molar-refractivity contribution in [3.8, 4) is 11.6 Å². The van der Waals surface area contributed by atoms with Crippen LogP contribution in [0, 0.1) is 0 Å². The third kappa shape index (κ3) is 1.71. The van der Waals surface area contributed by atoms with Crippen molar-refractivity contribution in [1.29, 1.82) is 0 Å². The van der Waals surface area contributed by atoms with Crippen LogP contribution in [0.3, 0.4) is 0 Å². The molecule has 4 rings (SSSR count). The summed E-state index contributed by atoms with van der Waals surface area (Å²) >= 11 is 0. The average molecular weight is 252 g/mol. The lowest BCUT2D eigenvalue weighted by molar-refractivity contribution is 0.578. The maximum atomic E-state index is 5.35. The van der Waals surface area contributed by atoms with Crippen molar-refractivity contribution in [3.63, 3.8) is 0 Å². The number of amidine groups is 1. The van der Waals surface area contributed by atoms with Crippen LogP contribution < -0.4 is 5.32 Å². The van der Waals surface area contributed by atoms with Gasteiger partial charge in [-0.3, -0.25) is 4.99 Å². The number of aliphatic imine (C=N–C) groups is 1. The SMILES string of the molecule is c1coc(-c2nc3ccc(C4=NCCN4)cc3[nH]2)c1. The molecule has 94 valence electrons. The van der Waals surface area contributed by atoms with Gasteiger partial charge >= 0.3 is 0 Å². The van der Waals surface area contributed by atoms with Crippen LogP contribution in [0.5, 0.6) is 0 Å². The molecule has 2 aromatic heterocycles. The predicted octanol–water partition coefficient (Wildman–Crippen LogP) is 2.17. The first-order valence-corrected chi connectivity index (χ1v) is 6.22. The fourth-order valence-corrected chi connectivity index (χ4v) is 2.28. The summed E-state index contributed by atoms with van der Waals surface area (Å²) in [5, 5.41) is 3.27. The third-order valence-electron chi connectivity index (χ3n) is 3.18. The highest BCUT2D eigenvalue weighted by molar-refractivity contribution is 6.02. The van der Waals surface area contributed by atoms with E-state index in [4.69, 9.17) is 4.42 Å². The number of nitrogens with one attached hydrogen (secondary N) is 2. The number of hydrogen-bond donors (Lipinski definition) is 2. The van der Waals surface area contributed by atoms with Crippen LogP contribution in [0.25, 0.3) is 22.6 Å². The van der Waals surface area contributed by atoms with E-state index in [0.29, 0.717) is 0 Å². The lowest BCUT2D eigenvalue weighted by Gasteiger charge is -2.01. The fourth-order valence-electron chi connectivity index (χ4n) is 2.28. The molecule has 0 amide bonds. The van der Waals surface area contributed by atoms with Gasteiger partial charge in [0.15, 0.2) is 11.6 Å². The highest BCUT2D eigenvalue weighted by atomic mass is 16.3. The fraction of sp³-hybridized carbons (Fsp3) is 0.143. The smallest absolute Gasteiger partial charge is 0.174 e. The molecule has 0 saturated heterocycles. The van der Waals surface area contributed by atoms with Crippen LogP contribution in [0.2, 0.25) is 0 Å². The molecular weight excluding hydrogens is 240 g/mol. The van der Waals surface area contributed by atoms with Gasteiger partial charge in [0.25, 0.3) is 0 Å². The first kappa shape index (κ1) is 10.4. The van der Waals surface area contributed by atoms with E-state index >= 15 is 0 Å². The molecule has 0 bridgehead atoms. The zero-order valence-electron chi connectivity index (χ0n) is 10.2. The van der Waals surface area contributed by atoms with Gasteiger partial charge in [-0.1, -0.05) is 0 Å². The minimum Gasteiger partial charge on any atom is -0.461 e. The molecule has 5 nitrogen and oxygen atoms in total. The van der Waals surface area contributed by atoms with Crippen molar-refractivity contribution in [1.82, 2.24) is 15.3 Å². The van der Waals surface area contributed by atoms with E-state index in [2.05, 4.69) is 26.3 Å². The molecule has 3 aromatic rings. The molecular formula is C14H12N4O. The summed E-state index contributed by atoms with van der Waals surface area (Å²) in [5.41, 5.74) is 2.99. The molecule has 2 N–H and O–H groups in total. The Morgan fingerprint density at radius 2 is 2.21 bits per heavy atom. The number of furan rings is 1. The molecule has 19 heavy (non-hydrogen) atoms. The molecule has 0 spiro atoms. The summed E-state index contributed by atoms with van der Waals surface area (Å²) in [6.45, 7) is 1.75. The normalized spacial score (nSPS) is 14.6. The molecule has 0 fully saturated rings. The lowest BCUT2D eigenvalue weighted by atomic mass is 10.2. The maximum absolute atomic E-state index is 5.35. The monoisotopic (exact) mass is 252 g/mol. The molecule has 0 radical (unpaired) electrons. The molecule has 1 aromatic carbocycles. The molecule has 3 heterocycles. The van der Waals surface area contributed by atoms with Crippen molar-refractivity contribution >= 4 is 16.9 Å². The van der Waals surface area contributed by atoms with Crippen LogP contribution in [-0.4, -0.2) is 28.9 Å². The van der Waals surface area contributed by atoms with Crippen molar-refractivity contribution in [2.75, 3.05) is 13.1 Å². The maximum Gasteiger partial charge on any atom is 0.174 e. The van der Waals surface area contributed by atoms with Crippen LogP contribution in [0.4, 0.5) is 0 Å². The van der Waals surface area contributed by atoms with Gasteiger partial charge in [-0.2, -0.15) is 0 Å². The van der Waals surface area contributed by atoms with Gasteiger partial charge < -0.3 is 14.7 Å². The standard InChI is InChI=1S/C14H12N4O/c1-2-12(19-7-1)14-17-10-4-3-9(8-11(10)18-14)13-15-5-6-16-13/h1-4,7-8H,5-6H2,(H,15,16)(H,17,18). The van der Waals surface area contributed by atoms with Gasteiger partial charge in [-0.15, -0.1) is 0 Å². The number of rotatable bonds is 2. The number of aromatic amines is 1. The summed E-state index contributed by atoms with van der Waals surface area (Å²) in [6.07, 6.45) is 1.64. The second-order valence-electron chi connectivity index (χ2n) is 4.45. The summed E-state index contributed by atoms with van der Waals surface area (Å²) in [5.74, 6) is 2.45. The second kappa shape index (κ2) is 3.98. The van der Waals surface area contributed by atoms with E-state index in [1.54, 1.807) is 6.26 Å². The molecule has 1 aliphatic heterocycles. The van der Waals surface area contributed by atoms with Gasteiger partial charge in [0.1, 0.15) is 5.84 Å². The van der Waals surface area contributed by atoms with Crippen LogP contribution >= 0.6 is 0 Å². The average Bonchev–Trinajstić information content (AvgIpc) is 3.18. The van der Waals surface area contributed by atoms with Crippen molar-refractivity contribution in [3.05, 3.63) is 42.2 Å². The number of imidazole rings is 1. The quantitative estimate of drug-likeness (QED) is 0.734. The Hall–Kier alpha value is -2.56. The summed E-state index contributed by atoms with van der Waals surface area (Å²) in [7, 11) is 0. The van der Waals surface area contributed by atoms with Crippen LogP contribution in [-0.2, 0) is 0 Å². The zero-order chi connectivity index (χ0) is 12.7.